The summed E-state index contributed by atoms with van der Waals surface area (Å²) in [4.78, 5) is 4.15. The molecule has 0 saturated carbocycles. The summed E-state index contributed by atoms with van der Waals surface area (Å²) in [6.07, 6.45) is 4.79. The molecule has 0 spiro atoms. The number of ether oxygens (including phenoxy) is 1. The molecule has 148 valence electrons. The van der Waals surface area contributed by atoms with Gasteiger partial charge in [0, 0.05) is 36.4 Å². The number of nitrogens with one attached hydrogen (secondary N) is 1. The number of anilines is 2. The molecular weight excluding hydrogens is 368 g/mol. The molecule has 4 rings (SSSR count). The molecule has 4 N–H and O–H groups in total. The molecule has 4 aromatic rings. The van der Waals surface area contributed by atoms with Crippen molar-refractivity contribution in [3.05, 3.63) is 60.6 Å². The molecule has 0 atom stereocenters. The van der Waals surface area contributed by atoms with Gasteiger partial charge in [-0.3, -0.25) is 4.98 Å². The minimum Gasteiger partial charge on any atom is -0.507 e. The number of methoxy groups -OCH3 is 1. The molecule has 0 bridgehead atoms. The summed E-state index contributed by atoms with van der Waals surface area (Å²) in [6, 6.07) is 13.1. The van der Waals surface area contributed by atoms with Gasteiger partial charge in [0.15, 0.2) is 11.3 Å². The number of aromatic nitrogens is 1. The molecule has 0 unspecified atom stereocenters. The predicted molar refractivity (Wildman–Crippen MR) is 115 cm³/mol. The zero-order valence-electron chi connectivity index (χ0n) is 16.1. The van der Waals surface area contributed by atoms with Crippen LogP contribution < -0.4 is 11.2 Å². The van der Waals surface area contributed by atoms with E-state index in [4.69, 9.17) is 15.0 Å². The average molecular weight is 390 g/mol. The first-order valence-electron chi connectivity index (χ1n) is 9.32. The van der Waals surface area contributed by atoms with Gasteiger partial charge in [0.2, 0.25) is 0 Å². The molecule has 2 aromatic heterocycles. The third-order valence-electron chi connectivity index (χ3n) is 4.80. The van der Waals surface area contributed by atoms with E-state index in [2.05, 4.69) is 15.4 Å². The normalized spacial score (nSPS) is 12.0. The SMILES string of the molecule is COCCC/C(=N\N)c1oc2cnccc2c1Nc1ccc2c(O)cccc2c1. The van der Waals surface area contributed by atoms with Crippen LogP contribution in [0.1, 0.15) is 18.6 Å². The van der Waals surface area contributed by atoms with Crippen LogP contribution in [0.15, 0.2) is 64.4 Å². The van der Waals surface area contributed by atoms with Crippen LogP contribution in [0.25, 0.3) is 21.7 Å². The van der Waals surface area contributed by atoms with E-state index in [9.17, 15) is 5.11 Å². The van der Waals surface area contributed by atoms with Gasteiger partial charge in [0.05, 0.1) is 11.9 Å². The third kappa shape index (κ3) is 3.72. The number of pyridine rings is 1. The number of benzene rings is 2. The summed E-state index contributed by atoms with van der Waals surface area (Å²) in [6.45, 7) is 0.609. The Morgan fingerprint density at radius 2 is 2.14 bits per heavy atom. The van der Waals surface area contributed by atoms with Crippen molar-refractivity contribution in [2.75, 3.05) is 19.0 Å². The van der Waals surface area contributed by atoms with Gasteiger partial charge in [-0.05, 0) is 48.6 Å². The average Bonchev–Trinajstić information content (AvgIpc) is 3.10. The molecule has 0 amide bonds. The number of furan rings is 1. The van der Waals surface area contributed by atoms with Crippen molar-refractivity contribution in [3.63, 3.8) is 0 Å². The first-order chi connectivity index (χ1) is 14.2. The summed E-state index contributed by atoms with van der Waals surface area (Å²) in [7, 11) is 1.66. The lowest BCUT2D eigenvalue weighted by atomic mass is 10.1. The highest BCUT2D eigenvalue weighted by atomic mass is 16.5. The van der Waals surface area contributed by atoms with Gasteiger partial charge >= 0.3 is 0 Å². The van der Waals surface area contributed by atoms with E-state index in [0.29, 0.717) is 30.1 Å². The monoisotopic (exact) mass is 390 g/mol. The zero-order valence-corrected chi connectivity index (χ0v) is 16.1. The Morgan fingerprint density at radius 1 is 1.24 bits per heavy atom. The van der Waals surface area contributed by atoms with Crippen LogP contribution in [-0.2, 0) is 4.74 Å². The molecule has 0 fully saturated rings. The smallest absolute Gasteiger partial charge is 0.174 e. The predicted octanol–water partition coefficient (Wildman–Crippen LogP) is 4.52. The fraction of sp³-hybridized carbons (Fsp3) is 0.182. The van der Waals surface area contributed by atoms with E-state index in [-0.39, 0.29) is 5.75 Å². The van der Waals surface area contributed by atoms with E-state index in [1.807, 2.05) is 36.4 Å². The number of nitrogens with two attached hydrogens (primary N) is 1. The maximum absolute atomic E-state index is 10.0. The fourth-order valence-corrected chi connectivity index (χ4v) is 3.39. The molecule has 2 aromatic carbocycles. The standard InChI is InChI=1S/C22H22N4O3/c1-28-11-3-5-18(26-23)22-21(17-9-10-24-13-20(17)29-22)25-15-7-8-16-14(12-15)4-2-6-19(16)27/h2,4,6-10,12-13,25,27H,3,5,11,23H2,1H3/b26-18+. The lowest BCUT2D eigenvalue weighted by Crippen LogP contribution is -2.07. The van der Waals surface area contributed by atoms with Gasteiger partial charge in [-0.25, -0.2) is 0 Å². The van der Waals surface area contributed by atoms with E-state index < -0.39 is 0 Å². The van der Waals surface area contributed by atoms with Crippen molar-refractivity contribution in [2.24, 2.45) is 10.9 Å². The lowest BCUT2D eigenvalue weighted by molar-refractivity contribution is 0.196. The Morgan fingerprint density at radius 3 is 2.97 bits per heavy atom. The van der Waals surface area contributed by atoms with Crippen LogP contribution in [-0.4, -0.2) is 29.5 Å². The number of fused-ring (bicyclic) bond motifs is 2. The Balaban J connectivity index is 1.76. The summed E-state index contributed by atoms with van der Waals surface area (Å²) >= 11 is 0. The Labute approximate surface area is 167 Å². The Bertz CT molecular complexity index is 1180. The minimum absolute atomic E-state index is 0.255. The van der Waals surface area contributed by atoms with E-state index >= 15 is 0 Å². The van der Waals surface area contributed by atoms with Crippen LogP contribution in [0.4, 0.5) is 11.4 Å². The molecule has 0 aliphatic heterocycles. The van der Waals surface area contributed by atoms with Gasteiger partial charge < -0.3 is 25.4 Å². The number of hydrogen-bond acceptors (Lipinski definition) is 7. The van der Waals surface area contributed by atoms with Crippen molar-refractivity contribution < 1.29 is 14.3 Å². The molecule has 29 heavy (non-hydrogen) atoms. The van der Waals surface area contributed by atoms with Crippen LogP contribution in [0.3, 0.4) is 0 Å². The van der Waals surface area contributed by atoms with E-state index in [0.717, 1.165) is 34.0 Å². The fourth-order valence-electron chi connectivity index (χ4n) is 3.39. The summed E-state index contributed by atoms with van der Waals surface area (Å²) in [5, 5.41) is 20.0. The largest absolute Gasteiger partial charge is 0.507 e. The van der Waals surface area contributed by atoms with Crippen LogP contribution in [0.2, 0.25) is 0 Å². The maximum Gasteiger partial charge on any atom is 0.174 e. The molecular formula is C22H22N4O3. The van der Waals surface area contributed by atoms with E-state index in [1.165, 1.54) is 0 Å². The molecule has 0 aliphatic rings. The highest BCUT2D eigenvalue weighted by molar-refractivity contribution is 6.10. The molecule has 0 radical (unpaired) electrons. The van der Waals surface area contributed by atoms with Crippen molar-refractivity contribution in [2.45, 2.75) is 12.8 Å². The van der Waals surface area contributed by atoms with Crippen molar-refractivity contribution in [1.82, 2.24) is 4.98 Å². The van der Waals surface area contributed by atoms with Gasteiger partial charge in [0.1, 0.15) is 11.5 Å². The lowest BCUT2D eigenvalue weighted by Gasteiger charge is -2.10. The number of rotatable bonds is 7. The number of aromatic hydroxyl groups is 1. The highest BCUT2D eigenvalue weighted by Crippen LogP contribution is 2.35. The second-order valence-corrected chi connectivity index (χ2v) is 6.69. The quantitative estimate of drug-likeness (QED) is 0.185. The van der Waals surface area contributed by atoms with Crippen molar-refractivity contribution in [1.29, 1.82) is 0 Å². The van der Waals surface area contributed by atoms with Gasteiger partial charge in [-0.2, -0.15) is 5.10 Å². The summed E-state index contributed by atoms with van der Waals surface area (Å²) in [5.41, 5.74) is 2.94. The molecule has 7 nitrogen and oxygen atoms in total. The van der Waals surface area contributed by atoms with Crippen LogP contribution >= 0.6 is 0 Å². The van der Waals surface area contributed by atoms with Gasteiger partial charge in [-0.15, -0.1) is 0 Å². The molecule has 0 aliphatic carbocycles. The van der Waals surface area contributed by atoms with E-state index in [1.54, 1.807) is 25.6 Å². The van der Waals surface area contributed by atoms with Crippen molar-refractivity contribution in [3.8, 4) is 5.75 Å². The highest BCUT2D eigenvalue weighted by Gasteiger charge is 2.19. The molecule has 7 heteroatoms. The number of hydrogen-bond donors (Lipinski definition) is 3. The van der Waals surface area contributed by atoms with Gasteiger partial charge in [0.25, 0.3) is 0 Å². The first kappa shape index (κ1) is 18.8. The Kier molecular flexibility index (Phi) is 5.31. The topological polar surface area (TPSA) is 106 Å². The Hall–Kier alpha value is -3.58. The second-order valence-electron chi connectivity index (χ2n) is 6.69. The number of phenolic OH excluding ortho intramolecular Hbond substituents is 1. The summed E-state index contributed by atoms with van der Waals surface area (Å²) < 4.78 is 11.2. The van der Waals surface area contributed by atoms with Gasteiger partial charge in [-0.1, -0.05) is 12.1 Å². The first-order valence-corrected chi connectivity index (χ1v) is 9.32. The summed E-state index contributed by atoms with van der Waals surface area (Å²) in [5.74, 6) is 6.52. The third-order valence-corrected chi connectivity index (χ3v) is 4.80. The number of hydrazone groups is 1. The van der Waals surface area contributed by atoms with Crippen LogP contribution in [0, 0.1) is 0 Å². The van der Waals surface area contributed by atoms with Crippen LogP contribution in [0.5, 0.6) is 5.75 Å². The zero-order chi connectivity index (χ0) is 20.2. The van der Waals surface area contributed by atoms with Crippen molar-refractivity contribution >= 4 is 38.8 Å². The molecule has 0 saturated heterocycles. The second kappa shape index (κ2) is 8.20. The maximum atomic E-state index is 10.0. The number of phenols is 1. The minimum atomic E-state index is 0.255. The molecule has 2 heterocycles. The number of nitrogens with zero attached hydrogens (tertiary/aromatic N) is 2.